The number of aryl methyl sites for hydroxylation is 1. The molecule has 1 saturated heterocycles. The van der Waals surface area contributed by atoms with Crippen LogP contribution in [-0.4, -0.2) is 66.3 Å². The minimum Gasteiger partial charge on any atom is -0.354 e. The van der Waals surface area contributed by atoms with Gasteiger partial charge in [-0.15, -0.1) is 24.0 Å². The standard InChI is InChI=1S/C16H30N6.HI/c1-16(2)7-8-22(12-16)15(17-3)18-10-14(20(4)5)13-9-19-21(6)11-13;/h9,11,14H,7-8,10,12H2,1-6H3,(H,17,18);1H. The summed E-state index contributed by atoms with van der Waals surface area (Å²) in [5, 5.41) is 7.82. The summed E-state index contributed by atoms with van der Waals surface area (Å²) in [6.07, 6.45) is 5.23. The van der Waals surface area contributed by atoms with Crippen LogP contribution in [0.25, 0.3) is 0 Å². The normalized spacial score (nSPS) is 18.9. The van der Waals surface area contributed by atoms with Crippen LogP contribution in [0.4, 0.5) is 0 Å². The van der Waals surface area contributed by atoms with Crippen molar-refractivity contribution in [3.8, 4) is 0 Å². The van der Waals surface area contributed by atoms with E-state index in [0.717, 1.165) is 25.6 Å². The fourth-order valence-electron chi connectivity index (χ4n) is 3.02. The number of guanidine groups is 1. The largest absolute Gasteiger partial charge is 0.354 e. The highest BCUT2D eigenvalue weighted by molar-refractivity contribution is 14.0. The van der Waals surface area contributed by atoms with E-state index in [1.165, 1.54) is 12.0 Å². The zero-order valence-corrected chi connectivity index (χ0v) is 17.5. The van der Waals surface area contributed by atoms with Gasteiger partial charge in [-0.25, -0.2) is 0 Å². The predicted molar refractivity (Wildman–Crippen MR) is 106 cm³/mol. The molecule has 0 aromatic carbocycles. The Morgan fingerprint density at radius 3 is 2.61 bits per heavy atom. The summed E-state index contributed by atoms with van der Waals surface area (Å²) in [6.45, 7) is 7.60. The number of likely N-dealkylation sites (N-methyl/N-ethyl adjacent to an activating group) is 1. The summed E-state index contributed by atoms with van der Waals surface area (Å²) >= 11 is 0. The fraction of sp³-hybridized carbons (Fsp3) is 0.750. The van der Waals surface area contributed by atoms with E-state index in [9.17, 15) is 0 Å². The van der Waals surface area contributed by atoms with E-state index >= 15 is 0 Å². The van der Waals surface area contributed by atoms with Crippen LogP contribution in [0.5, 0.6) is 0 Å². The number of nitrogens with zero attached hydrogens (tertiary/aromatic N) is 5. The van der Waals surface area contributed by atoms with Gasteiger partial charge in [0.15, 0.2) is 5.96 Å². The second kappa shape index (κ2) is 8.32. The van der Waals surface area contributed by atoms with Crippen molar-refractivity contribution < 1.29 is 0 Å². The quantitative estimate of drug-likeness (QED) is 0.447. The van der Waals surface area contributed by atoms with Crippen molar-refractivity contribution in [1.29, 1.82) is 0 Å². The Bertz CT molecular complexity index is 522. The van der Waals surface area contributed by atoms with Crippen LogP contribution in [0.3, 0.4) is 0 Å². The smallest absolute Gasteiger partial charge is 0.193 e. The number of aliphatic imine (C=N–C) groups is 1. The molecule has 132 valence electrons. The second-order valence-corrected chi connectivity index (χ2v) is 7.19. The van der Waals surface area contributed by atoms with Gasteiger partial charge in [-0.2, -0.15) is 5.10 Å². The monoisotopic (exact) mass is 434 g/mol. The molecule has 2 rings (SSSR count). The first-order valence-electron chi connectivity index (χ1n) is 7.93. The summed E-state index contributed by atoms with van der Waals surface area (Å²) in [7, 11) is 8.01. The van der Waals surface area contributed by atoms with Crippen molar-refractivity contribution in [3.05, 3.63) is 18.0 Å². The summed E-state index contributed by atoms with van der Waals surface area (Å²) in [5.41, 5.74) is 1.60. The van der Waals surface area contributed by atoms with Gasteiger partial charge in [0.05, 0.1) is 12.2 Å². The third-order valence-electron chi connectivity index (χ3n) is 4.38. The molecule has 0 bridgehead atoms. The predicted octanol–water partition coefficient (Wildman–Crippen LogP) is 1.95. The van der Waals surface area contributed by atoms with Crippen molar-refractivity contribution in [1.82, 2.24) is 24.9 Å². The Labute approximate surface area is 157 Å². The van der Waals surface area contributed by atoms with Gasteiger partial charge in [-0.3, -0.25) is 9.67 Å². The van der Waals surface area contributed by atoms with Crippen LogP contribution in [0.1, 0.15) is 31.9 Å². The highest BCUT2D eigenvalue weighted by atomic mass is 127. The molecule has 1 aromatic heterocycles. The lowest BCUT2D eigenvalue weighted by Crippen LogP contribution is -2.43. The van der Waals surface area contributed by atoms with Gasteiger partial charge >= 0.3 is 0 Å². The average molecular weight is 434 g/mol. The maximum absolute atomic E-state index is 4.46. The molecule has 0 radical (unpaired) electrons. The van der Waals surface area contributed by atoms with E-state index in [4.69, 9.17) is 0 Å². The molecule has 1 atom stereocenters. The molecule has 1 N–H and O–H groups in total. The Morgan fingerprint density at radius 2 is 2.17 bits per heavy atom. The Morgan fingerprint density at radius 1 is 1.48 bits per heavy atom. The summed E-state index contributed by atoms with van der Waals surface area (Å²) in [6, 6.07) is 0.279. The molecule has 23 heavy (non-hydrogen) atoms. The van der Waals surface area contributed by atoms with E-state index in [-0.39, 0.29) is 30.0 Å². The molecule has 2 heterocycles. The zero-order chi connectivity index (χ0) is 16.3. The van der Waals surface area contributed by atoms with Gasteiger partial charge in [0, 0.05) is 45.5 Å². The van der Waals surface area contributed by atoms with E-state index in [1.54, 1.807) is 0 Å². The maximum atomic E-state index is 4.46. The number of likely N-dealkylation sites (tertiary alicyclic amines) is 1. The number of hydrogen-bond acceptors (Lipinski definition) is 3. The SMILES string of the molecule is CN=C(NCC(c1cnn(C)c1)N(C)C)N1CCC(C)(C)C1.I. The summed E-state index contributed by atoms with van der Waals surface area (Å²) < 4.78 is 1.85. The molecule has 1 aliphatic heterocycles. The number of rotatable bonds is 4. The number of nitrogens with one attached hydrogen (secondary N) is 1. The second-order valence-electron chi connectivity index (χ2n) is 7.19. The first-order valence-corrected chi connectivity index (χ1v) is 7.93. The molecule has 7 heteroatoms. The fourth-order valence-corrected chi connectivity index (χ4v) is 3.02. The molecule has 1 aliphatic rings. The highest BCUT2D eigenvalue weighted by Crippen LogP contribution is 2.28. The van der Waals surface area contributed by atoms with Gasteiger partial charge in [-0.05, 0) is 25.9 Å². The van der Waals surface area contributed by atoms with E-state index < -0.39 is 0 Å². The van der Waals surface area contributed by atoms with Crippen LogP contribution in [0.15, 0.2) is 17.4 Å². The van der Waals surface area contributed by atoms with Gasteiger partial charge in [0.2, 0.25) is 0 Å². The molecule has 1 aromatic rings. The van der Waals surface area contributed by atoms with Gasteiger partial charge in [0.1, 0.15) is 0 Å². The van der Waals surface area contributed by atoms with Crippen molar-refractivity contribution in [2.45, 2.75) is 26.3 Å². The number of hydrogen-bond donors (Lipinski definition) is 1. The lowest BCUT2D eigenvalue weighted by Gasteiger charge is -2.28. The van der Waals surface area contributed by atoms with Gasteiger partial charge < -0.3 is 15.1 Å². The van der Waals surface area contributed by atoms with Crippen molar-refractivity contribution in [3.63, 3.8) is 0 Å². The van der Waals surface area contributed by atoms with E-state index in [1.807, 2.05) is 25.0 Å². The molecule has 0 amide bonds. The Hall–Kier alpha value is -0.830. The minimum absolute atomic E-state index is 0. The molecule has 1 fully saturated rings. The average Bonchev–Trinajstić information content (AvgIpc) is 3.00. The minimum atomic E-state index is 0. The maximum Gasteiger partial charge on any atom is 0.193 e. The van der Waals surface area contributed by atoms with E-state index in [2.05, 4.69) is 59.3 Å². The third kappa shape index (κ3) is 5.34. The molecular weight excluding hydrogens is 403 g/mol. The van der Waals surface area contributed by atoms with Crippen LogP contribution >= 0.6 is 24.0 Å². The molecule has 0 aliphatic carbocycles. The van der Waals surface area contributed by atoms with Crippen molar-refractivity contribution in [2.24, 2.45) is 17.5 Å². The first-order chi connectivity index (χ1) is 10.3. The molecule has 1 unspecified atom stereocenters. The van der Waals surface area contributed by atoms with Crippen molar-refractivity contribution >= 4 is 29.9 Å². The summed E-state index contributed by atoms with van der Waals surface area (Å²) in [5.74, 6) is 1.00. The summed E-state index contributed by atoms with van der Waals surface area (Å²) in [4.78, 5) is 9.03. The molecular formula is C16H31IN6. The zero-order valence-electron chi connectivity index (χ0n) is 15.2. The van der Waals surface area contributed by atoms with Crippen LogP contribution in [0, 0.1) is 5.41 Å². The topological polar surface area (TPSA) is 48.7 Å². The van der Waals surface area contributed by atoms with Crippen LogP contribution < -0.4 is 5.32 Å². The van der Waals surface area contributed by atoms with Crippen molar-refractivity contribution in [2.75, 3.05) is 40.8 Å². The Kier molecular flexibility index (Phi) is 7.31. The van der Waals surface area contributed by atoms with E-state index in [0.29, 0.717) is 5.41 Å². The van der Waals surface area contributed by atoms with Crippen LogP contribution in [-0.2, 0) is 7.05 Å². The third-order valence-corrected chi connectivity index (χ3v) is 4.38. The van der Waals surface area contributed by atoms with Gasteiger partial charge in [-0.1, -0.05) is 13.8 Å². The lowest BCUT2D eigenvalue weighted by atomic mass is 9.93. The first kappa shape index (κ1) is 20.2. The number of halogens is 1. The molecule has 6 nitrogen and oxygen atoms in total. The van der Waals surface area contributed by atoms with Gasteiger partial charge in [0.25, 0.3) is 0 Å². The molecule has 0 saturated carbocycles. The molecule has 0 spiro atoms. The Balaban J connectivity index is 0.00000264. The van der Waals surface area contributed by atoms with Crippen LogP contribution in [0.2, 0.25) is 0 Å². The lowest BCUT2D eigenvalue weighted by molar-refractivity contribution is 0.294. The number of aromatic nitrogens is 2. The highest BCUT2D eigenvalue weighted by Gasteiger charge is 2.31.